The van der Waals surface area contributed by atoms with Crippen molar-refractivity contribution < 1.29 is 43.6 Å². The number of carbonyl (C=O) groups excluding carboxylic acids is 3. The van der Waals surface area contributed by atoms with Gasteiger partial charge in [0.25, 0.3) is 0 Å². The van der Waals surface area contributed by atoms with Crippen LogP contribution in [-0.4, -0.2) is 60.5 Å². The van der Waals surface area contributed by atoms with Crippen LogP contribution in [0.3, 0.4) is 0 Å². The maximum absolute atomic E-state index is 11.8. The number of carboxylic acids is 1. The van der Waals surface area contributed by atoms with E-state index in [0.29, 0.717) is 0 Å². The summed E-state index contributed by atoms with van der Waals surface area (Å²) in [6, 6.07) is 5.50. The zero-order valence-corrected chi connectivity index (χ0v) is 13.3. The molecule has 0 heterocycles. The zero-order valence-electron chi connectivity index (χ0n) is 13.3. The van der Waals surface area contributed by atoms with Crippen LogP contribution in [0.1, 0.15) is 33.6 Å². The predicted octanol–water partition coefficient (Wildman–Crippen LogP) is 0.400. The Kier molecular flexibility index (Phi) is 8.66. The number of aliphatic hydroxyl groups is 1. The smallest absolute Gasteiger partial charge is 0.338 e. The number of rotatable bonds is 10. The summed E-state index contributed by atoms with van der Waals surface area (Å²) in [4.78, 5) is 44.7. The van der Waals surface area contributed by atoms with Gasteiger partial charge in [0, 0.05) is 0 Å². The first kappa shape index (κ1) is 20.1. The Hall–Kier alpha value is -2.94. The molecule has 0 amide bonds. The van der Waals surface area contributed by atoms with E-state index in [-0.39, 0.29) is 50.4 Å². The first-order chi connectivity index (χ1) is 11.9. The molecular formula is C16H18O9. The third-order valence-electron chi connectivity index (χ3n) is 2.80. The quantitative estimate of drug-likeness (QED) is 0.347. The number of aliphatic carboxylic acids is 1. The number of ether oxygens (including phenoxy) is 3. The van der Waals surface area contributed by atoms with Gasteiger partial charge in [-0.1, -0.05) is 0 Å². The second-order valence-electron chi connectivity index (χ2n) is 4.69. The van der Waals surface area contributed by atoms with E-state index in [4.69, 9.17) is 24.4 Å². The van der Waals surface area contributed by atoms with Crippen LogP contribution >= 0.6 is 0 Å². The van der Waals surface area contributed by atoms with Crippen LogP contribution in [-0.2, 0) is 23.8 Å². The molecule has 0 saturated heterocycles. The van der Waals surface area contributed by atoms with Gasteiger partial charge in [-0.05, 0) is 24.3 Å². The van der Waals surface area contributed by atoms with Gasteiger partial charge >= 0.3 is 23.9 Å². The highest BCUT2D eigenvalue weighted by Crippen LogP contribution is 2.07. The van der Waals surface area contributed by atoms with Crippen LogP contribution in [0, 0.1) is 0 Å². The molecule has 0 unspecified atom stereocenters. The molecule has 9 nitrogen and oxygen atoms in total. The predicted molar refractivity (Wildman–Crippen MR) is 81.9 cm³/mol. The molecule has 0 aromatic heterocycles. The average molecular weight is 354 g/mol. The van der Waals surface area contributed by atoms with E-state index in [1.807, 2.05) is 0 Å². The molecule has 0 atom stereocenters. The number of benzene rings is 1. The Morgan fingerprint density at radius 3 is 1.72 bits per heavy atom. The molecule has 9 heteroatoms. The highest BCUT2D eigenvalue weighted by molar-refractivity contribution is 5.93. The summed E-state index contributed by atoms with van der Waals surface area (Å²) in [6.07, 6.45) is -0.581. The van der Waals surface area contributed by atoms with Crippen molar-refractivity contribution in [1.82, 2.24) is 0 Å². The molecule has 0 saturated carbocycles. The van der Waals surface area contributed by atoms with E-state index in [1.54, 1.807) is 0 Å². The lowest BCUT2D eigenvalue weighted by molar-refractivity contribution is -0.148. The zero-order chi connectivity index (χ0) is 18.7. The standard InChI is InChI=1S/C16H18O9/c17-7-8-24-15(21)11-1-3-12(4-2-11)16(22)25-10-9-23-14(20)6-5-13(18)19/h1-4,17H,5-10H2,(H,18,19). The first-order valence-electron chi connectivity index (χ1n) is 7.36. The fourth-order valence-electron chi connectivity index (χ4n) is 1.62. The van der Waals surface area contributed by atoms with E-state index in [1.165, 1.54) is 24.3 Å². The Labute approximate surface area is 143 Å². The highest BCUT2D eigenvalue weighted by Gasteiger charge is 2.11. The molecule has 0 aliphatic carbocycles. The SMILES string of the molecule is O=C(O)CCC(=O)OCCOC(=O)c1ccc(C(=O)OCCO)cc1. The minimum Gasteiger partial charge on any atom is -0.481 e. The molecule has 0 spiro atoms. The summed E-state index contributed by atoms with van der Waals surface area (Å²) in [7, 11) is 0. The van der Waals surface area contributed by atoms with E-state index in [0.717, 1.165) is 0 Å². The minimum absolute atomic E-state index is 0.117. The highest BCUT2D eigenvalue weighted by atomic mass is 16.6. The van der Waals surface area contributed by atoms with Crippen molar-refractivity contribution in [3.63, 3.8) is 0 Å². The van der Waals surface area contributed by atoms with Crippen LogP contribution in [0.5, 0.6) is 0 Å². The lowest BCUT2D eigenvalue weighted by atomic mass is 10.1. The number of esters is 3. The Balaban J connectivity index is 2.34. The number of hydrogen-bond acceptors (Lipinski definition) is 8. The van der Waals surface area contributed by atoms with Crippen molar-refractivity contribution in [1.29, 1.82) is 0 Å². The fourth-order valence-corrected chi connectivity index (χ4v) is 1.62. The molecule has 136 valence electrons. The van der Waals surface area contributed by atoms with Crippen molar-refractivity contribution in [3.8, 4) is 0 Å². The Morgan fingerprint density at radius 2 is 1.24 bits per heavy atom. The summed E-state index contributed by atoms with van der Waals surface area (Å²) < 4.78 is 14.3. The molecule has 1 aromatic rings. The van der Waals surface area contributed by atoms with Crippen LogP contribution in [0.25, 0.3) is 0 Å². The Morgan fingerprint density at radius 1 is 0.760 bits per heavy atom. The molecule has 2 N–H and O–H groups in total. The minimum atomic E-state index is -1.10. The van der Waals surface area contributed by atoms with Gasteiger partial charge in [0.15, 0.2) is 0 Å². The summed E-state index contributed by atoms with van der Waals surface area (Å²) >= 11 is 0. The third kappa shape index (κ3) is 7.93. The molecule has 0 radical (unpaired) electrons. The number of carboxylic acid groups (broad SMARTS) is 1. The summed E-state index contributed by atoms with van der Waals surface area (Å²) in [5.41, 5.74) is 0.410. The maximum Gasteiger partial charge on any atom is 0.338 e. The lowest BCUT2D eigenvalue weighted by Crippen LogP contribution is -2.15. The van der Waals surface area contributed by atoms with Gasteiger partial charge in [-0.25, -0.2) is 9.59 Å². The first-order valence-corrected chi connectivity index (χ1v) is 7.36. The second-order valence-corrected chi connectivity index (χ2v) is 4.69. The van der Waals surface area contributed by atoms with Gasteiger partial charge in [0.2, 0.25) is 0 Å². The molecule has 0 fully saturated rings. The lowest BCUT2D eigenvalue weighted by Gasteiger charge is -2.07. The van der Waals surface area contributed by atoms with E-state index >= 15 is 0 Å². The van der Waals surface area contributed by atoms with Crippen molar-refractivity contribution in [2.75, 3.05) is 26.4 Å². The second kappa shape index (κ2) is 10.8. The van der Waals surface area contributed by atoms with Crippen molar-refractivity contribution in [3.05, 3.63) is 35.4 Å². The largest absolute Gasteiger partial charge is 0.481 e. The van der Waals surface area contributed by atoms with Crippen LogP contribution < -0.4 is 0 Å². The summed E-state index contributed by atoms with van der Waals surface area (Å²) in [5.74, 6) is -3.09. The van der Waals surface area contributed by atoms with Gasteiger partial charge in [0.05, 0.1) is 30.6 Å². The number of aliphatic hydroxyl groups excluding tert-OH is 1. The van der Waals surface area contributed by atoms with Crippen molar-refractivity contribution in [2.24, 2.45) is 0 Å². The summed E-state index contributed by atoms with van der Waals surface area (Å²) in [6.45, 7) is -0.765. The van der Waals surface area contributed by atoms with Gasteiger partial charge < -0.3 is 24.4 Å². The van der Waals surface area contributed by atoms with Crippen LogP contribution in [0.15, 0.2) is 24.3 Å². The van der Waals surface area contributed by atoms with Crippen LogP contribution in [0.2, 0.25) is 0 Å². The average Bonchev–Trinajstić information content (AvgIpc) is 2.61. The molecule has 1 rings (SSSR count). The molecule has 25 heavy (non-hydrogen) atoms. The number of carbonyl (C=O) groups is 4. The number of hydrogen-bond donors (Lipinski definition) is 2. The van der Waals surface area contributed by atoms with Gasteiger partial charge in [-0.2, -0.15) is 0 Å². The normalized spacial score (nSPS) is 9.96. The molecule has 1 aromatic carbocycles. The van der Waals surface area contributed by atoms with E-state index in [2.05, 4.69) is 0 Å². The van der Waals surface area contributed by atoms with Gasteiger partial charge in [-0.15, -0.1) is 0 Å². The Bertz CT molecular complexity index is 607. The third-order valence-corrected chi connectivity index (χ3v) is 2.80. The topological polar surface area (TPSA) is 136 Å². The van der Waals surface area contributed by atoms with Gasteiger partial charge in [-0.3, -0.25) is 9.59 Å². The van der Waals surface area contributed by atoms with E-state index in [9.17, 15) is 19.2 Å². The van der Waals surface area contributed by atoms with Crippen LogP contribution in [0.4, 0.5) is 0 Å². The maximum atomic E-state index is 11.8. The monoisotopic (exact) mass is 354 g/mol. The molecular weight excluding hydrogens is 336 g/mol. The fraction of sp³-hybridized carbons (Fsp3) is 0.375. The molecule has 0 bridgehead atoms. The molecule has 0 aliphatic heterocycles. The van der Waals surface area contributed by atoms with E-state index < -0.39 is 23.9 Å². The molecule has 0 aliphatic rings. The van der Waals surface area contributed by atoms with Crippen molar-refractivity contribution >= 4 is 23.9 Å². The van der Waals surface area contributed by atoms with Gasteiger partial charge in [0.1, 0.15) is 19.8 Å². The summed E-state index contributed by atoms with van der Waals surface area (Å²) in [5, 5.41) is 17.0. The van der Waals surface area contributed by atoms with Crippen molar-refractivity contribution in [2.45, 2.75) is 12.8 Å².